The normalized spacial score (nSPS) is 10.9. The molecule has 2 aromatic heterocycles. The molecule has 4 aromatic rings. The predicted molar refractivity (Wildman–Crippen MR) is 131 cm³/mol. The van der Waals surface area contributed by atoms with Crippen molar-refractivity contribution in [3.8, 4) is 11.8 Å². The molecule has 2 amide bonds. The molecule has 7 nitrogen and oxygen atoms in total. The number of hydrogen-bond donors (Lipinski definition) is 2. The van der Waals surface area contributed by atoms with Gasteiger partial charge in [0.05, 0.1) is 35.5 Å². The maximum atomic E-state index is 13.1. The number of halogens is 4. The van der Waals surface area contributed by atoms with E-state index in [1.165, 1.54) is 25.3 Å². The summed E-state index contributed by atoms with van der Waals surface area (Å²) in [6.07, 6.45) is -2.92. The van der Waals surface area contributed by atoms with Gasteiger partial charge in [-0.15, -0.1) is 0 Å². The van der Waals surface area contributed by atoms with E-state index < -0.39 is 23.7 Å². The third-order valence-electron chi connectivity index (χ3n) is 5.13. The van der Waals surface area contributed by atoms with Crippen LogP contribution in [0, 0.1) is 11.8 Å². The molecule has 37 heavy (non-hydrogen) atoms. The average molecular weight is 527 g/mol. The molecule has 2 heterocycles. The number of amides is 2. The first kappa shape index (κ1) is 25.6. The van der Waals surface area contributed by atoms with Crippen LogP contribution >= 0.6 is 11.6 Å². The van der Waals surface area contributed by atoms with Gasteiger partial charge in [0.15, 0.2) is 0 Å². The SMILES string of the molecule is COC(=O)c1cccc(NC(=O)NCc2nc3ccc(Cl)cn3c2C#Cc2cccc(C(F)(F)F)c2)c1. The topological polar surface area (TPSA) is 84.7 Å². The predicted octanol–water partition coefficient (Wildman–Crippen LogP) is 5.51. The second-order valence-corrected chi connectivity index (χ2v) is 8.13. The first-order valence-corrected chi connectivity index (χ1v) is 11.1. The minimum Gasteiger partial charge on any atom is -0.465 e. The zero-order valence-corrected chi connectivity index (χ0v) is 19.9. The molecular weight excluding hydrogens is 509 g/mol. The van der Waals surface area contributed by atoms with E-state index in [1.54, 1.807) is 40.9 Å². The molecule has 0 aliphatic rings. The van der Waals surface area contributed by atoms with Gasteiger partial charge < -0.3 is 15.4 Å². The number of carbonyl (C=O) groups excluding carboxylic acids is 2. The fourth-order valence-electron chi connectivity index (χ4n) is 3.41. The van der Waals surface area contributed by atoms with E-state index in [0.717, 1.165) is 12.1 Å². The first-order valence-electron chi connectivity index (χ1n) is 10.7. The van der Waals surface area contributed by atoms with E-state index in [2.05, 4.69) is 32.2 Å². The van der Waals surface area contributed by atoms with Gasteiger partial charge in [0, 0.05) is 17.4 Å². The van der Waals surface area contributed by atoms with Crippen molar-refractivity contribution in [2.24, 2.45) is 0 Å². The maximum absolute atomic E-state index is 13.1. The molecule has 11 heteroatoms. The van der Waals surface area contributed by atoms with Crippen molar-refractivity contribution >= 4 is 34.9 Å². The number of benzene rings is 2. The molecule has 0 saturated carbocycles. The van der Waals surface area contributed by atoms with Gasteiger partial charge in [-0.05, 0) is 54.5 Å². The number of esters is 1. The summed E-state index contributed by atoms with van der Waals surface area (Å²) in [5.74, 6) is 5.05. The lowest BCUT2D eigenvalue weighted by molar-refractivity contribution is -0.137. The van der Waals surface area contributed by atoms with Crippen LogP contribution in [0.2, 0.25) is 5.02 Å². The Hall–Kier alpha value is -4.49. The number of ether oxygens (including phenoxy) is 1. The molecule has 0 spiro atoms. The van der Waals surface area contributed by atoms with Gasteiger partial charge in [-0.3, -0.25) is 4.40 Å². The summed E-state index contributed by atoms with van der Waals surface area (Å²) in [6, 6.07) is 13.6. The fourth-order valence-corrected chi connectivity index (χ4v) is 3.57. The number of pyridine rings is 1. The Kier molecular flexibility index (Phi) is 7.36. The lowest BCUT2D eigenvalue weighted by Crippen LogP contribution is -2.28. The second kappa shape index (κ2) is 10.6. The van der Waals surface area contributed by atoms with Crippen LogP contribution in [0.4, 0.5) is 23.7 Å². The lowest BCUT2D eigenvalue weighted by atomic mass is 10.1. The fraction of sp³-hybridized carbons (Fsp3) is 0.115. The molecule has 0 fully saturated rings. The summed E-state index contributed by atoms with van der Waals surface area (Å²) in [7, 11) is 1.25. The molecule has 0 unspecified atom stereocenters. The monoisotopic (exact) mass is 526 g/mol. The molecule has 0 radical (unpaired) electrons. The van der Waals surface area contributed by atoms with Crippen LogP contribution in [0.25, 0.3) is 5.65 Å². The number of methoxy groups -OCH3 is 1. The largest absolute Gasteiger partial charge is 0.465 e. The Labute approximate surface area is 214 Å². The second-order valence-electron chi connectivity index (χ2n) is 7.69. The van der Waals surface area contributed by atoms with E-state index >= 15 is 0 Å². The number of carbonyl (C=O) groups is 2. The number of nitrogens with zero attached hydrogens (tertiary/aromatic N) is 2. The molecule has 0 aliphatic heterocycles. The molecular formula is C26H18ClF3N4O3. The van der Waals surface area contributed by atoms with E-state index in [-0.39, 0.29) is 17.7 Å². The molecule has 2 aromatic carbocycles. The zero-order valence-electron chi connectivity index (χ0n) is 19.2. The Morgan fingerprint density at radius 1 is 1.08 bits per heavy atom. The lowest BCUT2D eigenvalue weighted by Gasteiger charge is -2.08. The van der Waals surface area contributed by atoms with Crippen LogP contribution < -0.4 is 10.6 Å². The molecule has 0 saturated heterocycles. The molecule has 4 rings (SSSR count). The number of aromatic nitrogens is 2. The van der Waals surface area contributed by atoms with Crippen LogP contribution in [-0.4, -0.2) is 28.5 Å². The van der Waals surface area contributed by atoms with Gasteiger partial charge in [-0.2, -0.15) is 13.2 Å². The third-order valence-corrected chi connectivity index (χ3v) is 5.35. The minimum atomic E-state index is -4.49. The summed E-state index contributed by atoms with van der Waals surface area (Å²) in [6.45, 7) is -0.0472. The number of fused-ring (bicyclic) bond motifs is 1. The third kappa shape index (κ3) is 6.20. The summed E-state index contributed by atoms with van der Waals surface area (Å²) < 4.78 is 45.5. The van der Waals surface area contributed by atoms with Gasteiger partial charge in [-0.1, -0.05) is 29.7 Å². The standard InChI is InChI=1S/C26H18ClF3N4O3/c1-37-24(35)17-5-3-7-20(13-17)32-25(36)31-14-21-22(34-15-19(27)9-11-23(34)33-21)10-8-16-4-2-6-18(12-16)26(28,29)30/h2-7,9,11-13,15H,14H2,1H3,(H2,31,32,36). The van der Waals surface area contributed by atoms with Crippen LogP contribution in [0.1, 0.15) is 32.9 Å². The van der Waals surface area contributed by atoms with Gasteiger partial charge in [0.1, 0.15) is 11.3 Å². The number of urea groups is 1. The van der Waals surface area contributed by atoms with Crippen molar-refractivity contribution in [3.05, 3.63) is 100.0 Å². The highest BCUT2D eigenvalue weighted by molar-refractivity contribution is 6.30. The Morgan fingerprint density at radius 2 is 1.86 bits per heavy atom. The minimum absolute atomic E-state index is 0.0472. The van der Waals surface area contributed by atoms with Gasteiger partial charge >= 0.3 is 18.2 Å². The van der Waals surface area contributed by atoms with Crippen molar-refractivity contribution in [1.29, 1.82) is 0 Å². The average Bonchev–Trinajstić information content (AvgIpc) is 3.22. The number of rotatable bonds is 4. The molecule has 188 valence electrons. The molecule has 0 bridgehead atoms. The molecule has 0 atom stereocenters. The van der Waals surface area contributed by atoms with Gasteiger partial charge in [0.25, 0.3) is 0 Å². The highest BCUT2D eigenvalue weighted by Crippen LogP contribution is 2.29. The van der Waals surface area contributed by atoms with Crippen molar-refractivity contribution < 1.29 is 27.5 Å². The smallest absolute Gasteiger partial charge is 0.416 e. The maximum Gasteiger partial charge on any atom is 0.416 e. The van der Waals surface area contributed by atoms with Crippen LogP contribution in [0.3, 0.4) is 0 Å². The van der Waals surface area contributed by atoms with Crippen LogP contribution in [0.15, 0.2) is 66.9 Å². The highest BCUT2D eigenvalue weighted by Gasteiger charge is 2.30. The van der Waals surface area contributed by atoms with Crippen molar-refractivity contribution in [2.75, 3.05) is 12.4 Å². The van der Waals surface area contributed by atoms with Gasteiger partial charge in [0.2, 0.25) is 0 Å². The Morgan fingerprint density at radius 3 is 2.62 bits per heavy atom. The Bertz CT molecular complexity index is 1550. The number of imidazole rings is 1. The zero-order chi connectivity index (χ0) is 26.6. The summed E-state index contributed by atoms with van der Waals surface area (Å²) in [5.41, 5.74) is 1.20. The van der Waals surface area contributed by atoms with E-state index in [0.29, 0.717) is 27.7 Å². The number of anilines is 1. The number of alkyl halides is 3. The molecule has 0 aliphatic carbocycles. The number of nitrogens with one attached hydrogen (secondary N) is 2. The van der Waals surface area contributed by atoms with Gasteiger partial charge in [-0.25, -0.2) is 14.6 Å². The first-order chi connectivity index (χ1) is 17.6. The van der Waals surface area contributed by atoms with E-state index in [9.17, 15) is 22.8 Å². The quantitative estimate of drug-likeness (QED) is 0.271. The Balaban J connectivity index is 1.58. The van der Waals surface area contributed by atoms with Crippen molar-refractivity contribution in [3.63, 3.8) is 0 Å². The molecule has 2 N–H and O–H groups in total. The van der Waals surface area contributed by atoms with E-state index in [4.69, 9.17) is 11.6 Å². The van der Waals surface area contributed by atoms with Crippen LogP contribution in [-0.2, 0) is 17.5 Å². The summed E-state index contributed by atoms with van der Waals surface area (Å²) in [5, 5.41) is 5.68. The van der Waals surface area contributed by atoms with E-state index in [1.807, 2.05) is 0 Å². The number of hydrogen-bond acceptors (Lipinski definition) is 4. The van der Waals surface area contributed by atoms with Crippen LogP contribution in [0.5, 0.6) is 0 Å². The summed E-state index contributed by atoms with van der Waals surface area (Å²) >= 11 is 6.12. The van der Waals surface area contributed by atoms with Crippen molar-refractivity contribution in [1.82, 2.24) is 14.7 Å². The summed E-state index contributed by atoms with van der Waals surface area (Å²) in [4.78, 5) is 28.7. The highest BCUT2D eigenvalue weighted by atomic mass is 35.5. The van der Waals surface area contributed by atoms with Crippen molar-refractivity contribution in [2.45, 2.75) is 12.7 Å².